The number of carbonyl (C=O) groups excluding carboxylic acids is 1. The lowest BCUT2D eigenvalue weighted by molar-refractivity contribution is 0.0601. The second-order valence-corrected chi connectivity index (χ2v) is 5.24. The molecular weight excluding hydrogens is 316 g/mol. The average Bonchev–Trinajstić information content (AvgIpc) is 2.78. The van der Waals surface area contributed by atoms with E-state index in [1.54, 1.807) is 0 Å². The Labute approximate surface area is 117 Å². The van der Waals surface area contributed by atoms with E-state index in [9.17, 15) is 4.79 Å². The molecule has 0 atom stereocenters. The molecule has 0 radical (unpaired) electrons. The molecule has 5 heteroatoms. The largest absolute Gasteiger partial charge is 0.486 e. The number of esters is 1. The Kier molecular flexibility index (Phi) is 4.38. The third kappa shape index (κ3) is 2.91. The zero-order chi connectivity index (χ0) is 13.0. The number of ether oxygens (including phenoxy) is 2. The van der Waals surface area contributed by atoms with Crippen molar-refractivity contribution in [3.8, 4) is 5.75 Å². The molecule has 1 aromatic heterocycles. The van der Waals surface area contributed by atoms with Gasteiger partial charge < -0.3 is 9.47 Å². The average molecular weight is 327 g/mol. The van der Waals surface area contributed by atoms with Crippen LogP contribution in [0.1, 0.15) is 15.2 Å². The molecule has 2 aromatic rings. The van der Waals surface area contributed by atoms with Crippen molar-refractivity contribution in [3.05, 3.63) is 50.6 Å². The predicted molar refractivity (Wildman–Crippen MR) is 74.1 cm³/mol. The maximum Gasteiger partial charge on any atom is 0.351 e. The quantitative estimate of drug-likeness (QED) is 0.800. The van der Waals surface area contributed by atoms with Gasteiger partial charge in [-0.3, -0.25) is 0 Å². The monoisotopic (exact) mass is 326 g/mol. The molecule has 94 valence electrons. The molecule has 0 saturated heterocycles. The summed E-state index contributed by atoms with van der Waals surface area (Å²) in [5, 5.41) is 1.81. The highest BCUT2D eigenvalue weighted by atomic mass is 79.9. The van der Waals surface area contributed by atoms with Crippen LogP contribution in [0.15, 0.2) is 40.2 Å². The summed E-state index contributed by atoms with van der Waals surface area (Å²) in [7, 11) is 1.36. The summed E-state index contributed by atoms with van der Waals surface area (Å²) in [4.78, 5) is 12.0. The zero-order valence-corrected chi connectivity index (χ0v) is 12.1. The van der Waals surface area contributed by atoms with Crippen molar-refractivity contribution in [2.24, 2.45) is 0 Å². The van der Waals surface area contributed by atoms with Gasteiger partial charge in [0.2, 0.25) is 0 Å². The minimum Gasteiger partial charge on any atom is -0.486 e. The van der Waals surface area contributed by atoms with Crippen LogP contribution in [0.3, 0.4) is 0 Å². The maximum atomic E-state index is 11.5. The fourth-order valence-corrected chi connectivity index (χ4v) is 2.93. The smallest absolute Gasteiger partial charge is 0.351 e. The summed E-state index contributed by atoms with van der Waals surface area (Å²) >= 11 is 4.66. The van der Waals surface area contributed by atoms with Crippen molar-refractivity contribution in [1.29, 1.82) is 0 Å². The molecule has 18 heavy (non-hydrogen) atoms. The van der Waals surface area contributed by atoms with E-state index < -0.39 is 0 Å². The third-order valence-corrected chi connectivity index (χ3v) is 4.13. The zero-order valence-electron chi connectivity index (χ0n) is 9.68. The first-order valence-electron chi connectivity index (χ1n) is 5.24. The van der Waals surface area contributed by atoms with Crippen molar-refractivity contribution in [2.45, 2.75) is 6.61 Å². The first-order valence-corrected chi connectivity index (χ1v) is 6.91. The highest BCUT2D eigenvalue weighted by Gasteiger charge is 2.18. The van der Waals surface area contributed by atoms with Crippen molar-refractivity contribution in [1.82, 2.24) is 0 Å². The van der Waals surface area contributed by atoms with Crippen molar-refractivity contribution in [3.63, 3.8) is 0 Å². The van der Waals surface area contributed by atoms with Gasteiger partial charge in [0.05, 0.1) is 11.6 Å². The third-order valence-electron chi connectivity index (χ3n) is 2.30. The molecule has 0 spiro atoms. The van der Waals surface area contributed by atoms with E-state index in [1.165, 1.54) is 18.4 Å². The second-order valence-electron chi connectivity index (χ2n) is 3.51. The normalized spacial score (nSPS) is 10.1. The Morgan fingerprint density at radius 1 is 1.33 bits per heavy atom. The maximum absolute atomic E-state index is 11.5. The molecule has 1 aromatic carbocycles. The van der Waals surface area contributed by atoms with Gasteiger partial charge in [-0.2, -0.15) is 0 Å². The fourth-order valence-electron chi connectivity index (χ4n) is 1.42. The lowest BCUT2D eigenvalue weighted by Crippen LogP contribution is -2.03. The molecule has 0 aliphatic heterocycles. The standard InChI is InChI=1S/C13H11BrO3S/c1-16-13(15)12-11(10(14)8-18-12)17-7-9-5-3-2-4-6-9/h2-6,8H,7H2,1H3. The van der Waals surface area contributed by atoms with Crippen molar-refractivity contribution >= 4 is 33.2 Å². The van der Waals surface area contributed by atoms with E-state index in [-0.39, 0.29) is 5.97 Å². The Morgan fingerprint density at radius 2 is 2.06 bits per heavy atom. The lowest BCUT2D eigenvalue weighted by atomic mass is 10.2. The minimum absolute atomic E-state index is 0.381. The molecule has 0 fully saturated rings. The highest BCUT2D eigenvalue weighted by molar-refractivity contribution is 9.10. The van der Waals surface area contributed by atoms with Crippen LogP contribution in [-0.2, 0) is 11.3 Å². The summed E-state index contributed by atoms with van der Waals surface area (Å²) in [6.45, 7) is 0.417. The van der Waals surface area contributed by atoms with Gasteiger partial charge in [0.1, 0.15) is 6.61 Å². The minimum atomic E-state index is -0.381. The molecule has 0 bridgehead atoms. The first kappa shape index (κ1) is 13.1. The number of hydrogen-bond donors (Lipinski definition) is 0. The van der Waals surface area contributed by atoms with Crippen LogP contribution < -0.4 is 4.74 Å². The summed E-state index contributed by atoms with van der Waals surface area (Å²) in [5.41, 5.74) is 1.05. The molecule has 2 rings (SSSR count). The van der Waals surface area contributed by atoms with E-state index >= 15 is 0 Å². The van der Waals surface area contributed by atoms with Crippen LogP contribution >= 0.6 is 27.3 Å². The van der Waals surface area contributed by atoms with Gasteiger partial charge in [0.25, 0.3) is 0 Å². The van der Waals surface area contributed by atoms with Gasteiger partial charge in [0.15, 0.2) is 10.6 Å². The number of rotatable bonds is 4. The van der Waals surface area contributed by atoms with Crippen LogP contribution in [0.25, 0.3) is 0 Å². The Morgan fingerprint density at radius 3 is 2.72 bits per heavy atom. The van der Waals surface area contributed by atoms with E-state index in [0.717, 1.165) is 10.0 Å². The van der Waals surface area contributed by atoms with Gasteiger partial charge >= 0.3 is 5.97 Å². The number of hydrogen-bond acceptors (Lipinski definition) is 4. The highest BCUT2D eigenvalue weighted by Crippen LogP contribution is 2.36. The second kappa shape index (κ2) is 6.02. The molecule has 0 unspecified atom stereocenters. The summed E-state index contributed by atoms with van der Waals surface area (Å²) in [6.07, 6.45) is 0. The fraction of sp³-hybridized carbons (Fsp3) is 0.154. The molecule has 1 heterocycles. The van der Waals surface area contributed by atoms with Crippen molar-refractivity contribution < 1.29 is 14.3 Å². The van der Waals surface area contributed by atoms with Crippen molar-refractivity contribution in [2.75, 3.05) is 7.11 Å². The Bertz CT molecular complexity index is 536. The summed E-state index contributed by atoms with van der Waals surface area (Å²) in [5.74, 6) is 0.157. The molecule has 0 amide bonds. The van der Waals surface area contributed by atoms with E-state index in [1.807, 2.05) is 35.7 Å². The molecule has 0 saturated carbocycles. The van der Waals surface area contributed by atoms with Crippen LogP contribution in [0.5, 0.6) is 5.75 Å². The van der Waals surface area contributed by atoms with Crippen LogP contribution in [0, 0.1) is 0 Å². The number of benzene rings is 1. The molecular formula is C13H11BrO3S. The van der Waals surface area contributed by atoms with Crippen LogP contribution in [-0.4, -0.2) is 13.1 Å². The first-order chi connectivity index (χ1) is 8.72. The Balaban J connectivity index is 2.14. The number of carbonyl (C=O) groups is 1. The number of halogens is 1. The van der Waals surface area contributed by atoms with Crippen LogP contribution in [0.2, 0.25) is 0 Å². The lowest BCUT2D eigenvalue weighted by Gasteiger charge is -2.07. The van der Waals surface area contributed by atoms with E-state index in [4.69, 9.17) is 9.47 Å². The van der Waals surface area contributed by atoms with E-state index in [0.29, 0.717) is 17.2 Å². The van der Waals surface area contributed by atoms with Gasteiger partial charge in [-0.05, 0) is 21.5 Å². The van der Waals surface area contributed by atoms with Gasteiger partial charge in [-0.25, -0.2) is 4.79 Å². The van der Waals surface area contributed by atoms with Crippen LogP contribution in [0.4, 0.5) is 0 Å². The topological polar surface area (TPSA) is 35.5 Å². The van der Waals surface area contributed by atoms with Gasteiger partial charge in [-0.1, -0.05) is 30.3 Å². The predicted octanol–water partition coefficient (Wildman–Crippen LogP) is 3.88. The number of thiophene rings is 1. The van der Waals surface area contributed by atoms with Gasteiger partial charge in [0, 0.05) is 5.38 Å². The summed E-state index contributed by atoms with van der Waals surface area (Å²) < 4.78 is 11.2. The van der Waals surface area contributed by atoms with E-state index in [2.05, 4.69) is 15.9 Å². The molecule has 0 aliphatic carbocycles. The van der Waals surface area contributed by atoms with Gasteiger partial charge in [-0.15, -0.1) is 11.3 Å². The molecule has 3 nitrogen and oxygen atoms in total. The SMILES string of the molecule is COC(=O)c1scc(Br)c1OCc1ccccc1. The summed E-state index contributed by atoms with van der Waals surface area (Å²) in [6, 6.07) is 9.78. The molecule has 0 N–H and O–H groups in total. The number of methoxy groups -OCH3 is 1. The molecule has 0 aliphatic rings. The Hall–Kier alpha value is -1.33.